The fourth-order valence-electron chi connectivity index (χ4n) is 4.93. The average Bonchev–Trinajstić information content (AvgIpc) is 3.58. The Hall–Kier alpha value is -4.42. The first-order valence-electron chi connectivity index (χ1n) is 12.8. The number of carbonyl (C=O) groups excluding carboxylic acids is 1. The molecular weight excluding hydrogens is 533 g/mol. The second kappa shape index (κ2) is 10.3. The Balaban J connectivity index is 1.27. The van der Waals surface area contributed by atoms with Gasteiger partial charge in [0.25, 0.3) is 5.91 Å². The zero-order chi connectivity index (χ0) is 27.9. The lowest BCUT2D eigenvalue weighted by molar-refractivity contribution is 0.102. The van der Waals surface area contributed by atoms with E-state index in [9.17, 15) is 17.6 Å². The van der Waals surface area contributed by atoms with Gasteiger partial charge in [-0.05, 0) is 50.1 Å². The molecule has 6 rings (SSSR count). The standard InChI is InChI=1S/C28H26FN7O3S/c1-19-7-9-21(10-8-19)36-26(32-28(37)22-18-31-35-14-4-13-30-27(22)35)17-24(33-36)20-11-15-34(16-12-20)40(38,39)25-6-3-2-5-23(25)29/h2-10,13-14,17-18,20H,11-12,15-16H2,1H3,(H,32,37). The third-order valence-electron chi connectivity index (χ3n) is 7.10. The molecule has 2 aromatic carbocycles. The zero-order valence-corrected chi connectivity index (χ0v) is 22.4. The molecule has 1 fully saturated rings. The Morgan fingerprint density at radius 1 is 1.05 bits per heavy atom. The van der Waals surface area contributed by atoms with E-state index in [1.165, 1.54) is 33.2 Å². The van der Waals surface area contributed by atoms with Crippen molar-refractivity contribution in [2.45, 2.75) is 30.6 Å². The molecule has 0 bridgehead atoms. The number of piperidine rings is 1. The van der Waals surface area contributed by atoms with Gasteiger partial charge in [0.1, 0.15) is 22.1 Å². The van der Waals surface area contributed by atoms with Gasteiger partial charge in [0.15, 0.2) is 5.65 Å². The predicted octanol–water partition coefficient (Wildman–Crippen LogP) is 4.18. The third kappa shape index (κ3) is 4.75. The molecule has 0 atom stereocenters. The summed E-state index contributed by atoms with van der Waals surface area (Å²) in [7, 11) is -3.95. The van der Waals surface area contributed by atoms with Gasteiger partial charge in [-0.2, -0.15) is 14.5 Å². The van der Waals surface area contributed by atoms with Gasteiger partial charge >= 0.3 is 0 Å². The molecule has 1 amide bonds. The van der Waals surface area contributed by atoms with Crippen LogP contribution in [0.15, 0.2) is 84.1 Å². The van der Waals surface area contributed by atoms with Gasteiger partial charge in [-0.25, -0.2) is 27.0 Å². The van der Waals surface area contributed by atoms with Gasteiger partial charge in [-0.1, -0.05) is 29.8 Å². The lowest BCUT2D eigenvalue weighted by Crippen LogP contribution is -2.38. The number of sulfonamides is 1. The van der Waals surface area contributed by atoms with Crippen LogP contribution in [0.5, 0.6) is 0 Å². The predicted molar refractivity (Wildman–Crippen MR) is 146 cm³/mol. The van der Waals surface area contributed by atoms with Crippen molar-refractivity contribution in [2.24, 2.45) is 0 Å². The number of aromatic nitrogens is 5. The van der Waals surface area contributed by atoms with Gasteiger partial charge in [0.2, 0.25) is 10.0 Å². The number of halogens is 1. The minimum absolute atomic E-state index is 0.0481. The summed E-state index contributed by atoms with van der Waals surface area (Å²) in [6.07, 6.45) is 5.79. The summed E-state index contributed by atoms with van der Waals surface area (Å²) in [5, 5.41) is 12.0. The second-order valence-corrected chi connectivity index (χ2v) is 11.6. The lowest BCUT2D eigenvalue weighted by Gasteiger charge is -2.30. The quantitative estimate of drug-likeness (QED) is 0.334. The summed E-state index contributed by atoms with van der Waals surface area (Å²) in [6, 6.07) is 16.7. The highest BCUT2D eigenvalue weighted by molar-refractivity contribution is 7.89. The first kappa shape index (κ1) is 25.8. The Labute approximate surface area is 230 Å². The first-order chi connectivity index (χ1) is 19.3. The normalized spacial score (nSPS) is 14.9. The third-order valence-corrected chi connectivity index (χ3v) is 9.03. The summed E-state index contributed by atoms with van der Waals surface area (Å²) in [4.78, 5) is 17.2. The van der Waals surface area contributed by atoms with Gasteiger partial charge in [-0.15, -0.1) is 0 Å². The maximum atomic E-state index is 14.2. The van der Waals surface area contributed by atoms with Crippen LogP contribution in [-0.4, -0.2) is 56.1 Å². The summed E-state index contributed by atoms with van der Waals surface area (Å²) < 4.78 is 44.9. The van der Waals surface area contributed by atoms with E-state index in [1.807, 2.05) is 37.3 Å². The molecule has 1 aliphatic rings. The van der Waals surface area contributed by atoms with Gasteiger partial charge < -0.3 is 5.32 Å². The summed E-state index contributed by atoms with van der Waals surface area (Å²) >= 11 is 0. The molecule has 0 aliphatic carbocycles. The highest BCUT2D eigenvalue weighted by Crippen LogP contribution is 2.33. The number of nitrogens with one attached hydrogen (secondary N) is 1. The van der Waals surface area contributed by atoms with Crippen molar-refractivity contribution in [3.8, 4) is 5.69 Å². The van der Waals surface area contributed by atoms with Gasteiger partial charge in [0, 0.05) is 37.5 Å². The number of fused-ring (bicyclic) bond motifs is 1. The van der Waals surface area contributed by atoms with E-state index in [0.717, 1.165) is 23.0 Å². The van der Waals surface area contributed by atoms with Crippen molar-refractivity contribution in [3.63, 3.8) is 0 Å². The number of amides is 1. The molecule has 0 spiro atoms. The summed E-state index contributed by atoms with van der Waals surface area (Å²) in [6.45, 7) is 2.45. The van der Waals surface area contributed by atoms with Crippen LogP contribution in [0.25, 0.3) is 11.3 Å². The molecule has 0 radical (unpaired) electrons. The van der Waals surface area contributed by atoms with Crippen LogP contribution in [0.2, 0.25) is 0 Å². The van der Waals surface area contributed by atoms with Crippen molar-refractivity contribution in [2.75, 3.05) is 18.4 Å². The molecule has 1 saturated heterocycles. The highest BCUT2D eigenvalue weighted by atomic mass is 32.2. The van der Waals surface area contributed by atoms with Gasteiger partial charge in [-0.3, -0.25) is 4.79 Å². The van der Waals surface area contributed by atoms with Crippen molar-refractivity contribution in [1.82, 2.24) is 28.7 Å². The van der Waals surface area contributed by atoms with E-state index in [1.54, 1.807) is 23.1 Å². The van der Waals surface area contributed by atoms with Crippen molar-refractivity contribution in [1.29, 1.82) is 0 Å². The zero-order valence-electron chi connectivity index (χ0n) is 21.6. The van der Waals surface area contributed by atoms with Crippen LogP contribution in [-0.2, 0) is 10.0 Å². The molecule has 40 heavy (non-hydrogen) atoms. The average molecular weight is 560 g/mol. The van der Waals surface area contributed by atoms with Crippen LogP contribution in [0.1, 0.15) is 40.4 Å². The highest BCUT2D eigenvalue weighted by Gasteiger charge is 2.33. The Kier molecular flexibility index (Phi) is 6.64. The molecule has 1 N–H and O–H groups in total. The molecule has 5 aromatic rings. The fraction of sp³-hybridized carbons (Fsp3) is 0.214. The Bertz CT molecular complexity index is 1810. The number of nitrogens with zero attached hydrogens (tertiary/aromatic N) is 6. The molecular formula is C28H26FN7O3S. The maximum absolute atomic E-state index is 14.2. The molecule has 0 unspecified atom stereocenters. The lowest BCUT2D eigenvalue weighted by atomic mass is 9.95. The first-order valence-corrected chi connectivity index (χ1v) is 14.3. The number of aryl methyl sites for hydroxylation is 1. The monoisotopic (exact) mass is 559 g/mol. The van der Waals surface area contributed by atoms with Crippen LogP contribution in [0.4, 0.5) is 10.2 Å². The smallest absolute Gasteiger partial charge is 0.262 e. The number of hydrogen-bond acceptors (Lipinski definition) is 6. The SMILES string of the molecule is Cc1ccc(-n2nc(C3CCN(S(=O)(=O)c4ccccc4F)CC3)cc2NC(=O)c2cnn3cccnc23)cc1. The Morgan fingerprint density at radius 2 is 1.80 bits per heavy atom. The van der Waals surface area contributed by atoms with Crippen molar-refractivity contribution < 1.29 is 17.6 Å². The minimum Gasteiger partial charge on any atom is -0.306 e. The number of benzene rings is 2. The summed E-state index contributed by atoms with van der Waals surface area (Å²) in [5.41, 5.74) is 3.35. The fourth-order valence-corrected chi connectivity index (χ4v) is 6.46. The second-order valence-electron chi connectivity index (χ2n) is 9.71. The number of hydrogen-bond donors (Lipinski definition) is 1. The van der Waals surface area contributed by atoms with Crippen LogP contribution < -0.4 is 5.32 Å². The number of anilines is 1. The maximum Gasteiger partial charge on any atom is 0.262 e. The van der Waals surface area contributed by atoms with E-state index in [-0.39, 0.29) is 29.8 Å². The van der Waals surface area contributed by atoms with E-state index < -0.39 is 15.8 Å². The number of rotatable bonds is 6. The molecule has 10 nitrogen and oxygen atoms in total. The molecule has 3 aromatic heterocycles. The number of carbonyl (C=O) groups is 1. The van der Waals surface area contributed by atoms with E-state index in [0.29, 0.717) is 29.9 Å². The molecule has 0 saturated carbocycles. The van der Waals surface area contributed by atoms with Crippen LogP contribution in [0.3, 0.4) is 0 Å². The molecule has 12 heteroatoms. The molecule has 204 valence electrons. The molecule has 4 heterocycles. The van der Waals surface area contributed by atoms with E-state index in [2.05, 4.69) is 15.4 Å². The molecule has 1 aliphatic heterocycles. The minimum atomic E-state index is -3.95. The Morgan fingerprint density at radius 3 is 2.55 bits per heavy atom. The van der Waals surface area contributed by atoms with Crippen molar-refractivity contribution >= 4 is 27.4 Å². The van der Waals surface area contributed by atoms with E-state index >= 15 is 0 Å². The van der Waals surface area contributed by atoms with E-state index in [4.69, 9.17) is 5.10 Å². The van der Waals surface area contributed by atoms with Crippen LogP contribution in [0, 0.1) is 12.7 Å². The van der Waals surface area contributed by atoms with Crippen molar-refractivity contribution in [3.05, 3.63) is 102 Å². The van der Waals surface area contributed by atoms with Gasteiger partial charge in [0.05, 0.1) is 17.6 Å². The largest absolute Gasteiger partial charge is 0.306 e. The summed E-state index contributed by atoms with van der Waals surface area (Å²) in [5.74, 6) is -0.712. The topological polar surface area (TPSA) is 114 Å². The van der Waals surface area contributed by atoms with Crippen LogP contribution >= 0.6 is 0 Å².